The molecule has 1 aliphatic heterocycles. The maximum absolute atomic E-state index is 12.0. The highest BCUT2D eigenvalue weighted by Gasteiger charge is 2.23. The summed E-state index contributed by atoms with van der Waals surface area (Å²) in [5.41, 5.74) is 1.03. The van der Waals surface area contributed by atoms with Crippen molar-refractivity contribution in [3.63, 3.8) is 0 Å². The molecule has 0 spiro atoms. The van der Waals surface area contributed by atoms with Crippen LogP contribution in [0.4, 0.5) is 0 Å². The Morgan fingerprint density at radius 2 is 1.86 bits per heavy atom. The lowest BCUT2D eigenvalue weighted by Gasteiger charge is -2.32. The predicted molar refractivity (Wildman–Crippen MR) is 87.4 cm³/mol. The Bertz CT molecular complexity index is 479. The molecule has 0 bridgehead atoms. The molecule has 0 saturated carbocycles. The van der Waals surface area contributed by atoms with E-state index in [9.17, 15) is 9.59 Å². The number of carbonyl (C=O) groups excluding carboxylic acids is 2. The van der Waals surface area contributed by atoms with E-state index in [1.54, 1.807) is 0 Å². The number of piperidine rings is 1. The number of nitrogens with zero attached hydrogens (tertiary/aromatic N) is 1. The number of hydrogen-bond donors (Lipinski definition) is 1. The second kappa shape index (κ2) is 8.57. The molecule has 2 amide bonds. The maximum atomic E-state index is 12.0. The topological polar surface area (TPSA) is 49.4 Å². The van der Waals surface area contributed by atoms with Crippen molar-refractivity contribution in [2.24, 2.45) is 0 Å². The van der Waals surface area contributed by atoms with Crippen LogP contribution < -0.4 is 5.32 Å². The third-order valence-corrected chi connectivity index (χ3v) is 4.16. The van der Waals surface area contributed by atoms with E-state index in [1.165, 1.54) is 0 Å². The lowest BCUT2D eigenvalue weighted by molar-refractivity contribution is -0.132. The van der Waals surface area contributed by atoms with Crippen LogP contribution in [0.5, 0.6) is 0 Å². The Morgan fingerprint density at radius 3 is 2.50 bits per heavy atom. The van der Waals surface area contributed by atoms with Crippen molar-refractivity contribution in [2.75, 3.05) is 13.1 Å². The highest BCUT2D eigenvalue weighted by atomic mass is 16.2. The minimum absolute atomic E-state index is 0.0713. The summed E-state index contributed by atoms with van der Waals surface area (Å²) >= 11 is 0. The van der Waals surface area contributed by atoms with Crippen LogP contribution in [0.3, 0.4) is 0 Å². The summed E-state index contributed by atoms with van der Waals surface area (Å²) < 4.78 is 0. The molecule has 1 aromatic carbocycles. The largest absolute Gasteiger partial charge is 0.353 e. The molecular formula is C18H26N2O2. The average Bonchev–Trinajstić information content (AvgIpc) is 2.54. The van der Waals surface area contributed by atoms with Crippen molar-refractivity contribution in [2.45, 2.75) is 51.5 Å². The van der Waals surface area contributed by atoms with E-state index in [1.807, 2.05) is 35.2 Å². The summed E-state index contributed by atoms with van der Waals surface area (Å²) in [7, 11) is 0. The Kier molecular flexibility index (Phi) is 6.44. The van der Waals surface area contributed by atoms with Crippen LogP contribution in [0, 0.1) is 0 Å². The first-order valence-corrected chi connectivity index (χ1v) is 8.30. The minimum Gasteiger partial charge on any atom is -0.353 e. The molecule has 1 heterocycles. The third-order valence-electron chi connectivity index (χ3n) is 4.16. The van der Waals surface area contributed by atoms with Gasteiger partial charge in [-0.25, -0.2) is 0 Å². The van der Waals surface area contributed by atoms with Gasteiger partial charge in [0.05, 0.1) is 6.42 Å². The maximum Gasteiger partial charge on any atom is 0.224 e. The highest BCUT2D eigenvalue weighted by molar-refractivity contribution is 5.79. The van der Waals surface area contributed by atoms with Crippen LogP contribution in [-0.2, 0) is 16.0 Å². The molecule has 0 atom stereocenters. The summed E-state index contributed by atoms with van der Waals surface area (Å²) in [5, 5.41) is 3.09. The zero-order chi connectivity index (χ0) is 15.8. The number of carbonyl (C=O) groups is 2. The third kappa shape index (κ3) is 5.17. The Labute approximate surface area is 132 Å². The van der Waals surface area contributed by atoms with E-state index in [4.69, 9.17) is 0 Å². The van der Waals surface area contributed by atoms with Gasteiger partial charge in [-0.15, -0.1) is 0 Å². The molecule has 1 fully saturated rings. The fraction of sp³-hybridized carbons (Fsp3) is 0.556. The predicted octanol–water partition coefficient (Wildman–Crippen LogP) is 2.53. The van der Waals surface area contributed by atoms with E-state index in [-0.39, 0.29) is 17.9 Å². The zero-order valence-electron chi connectivity index (χ0n) is 13.4. The molecule has 4 nitrogen and oxygen atoms in total. The number of likely N-dealkylation sites (tertiary alicyclic amines) is 1. The van der Waals surface area contributed by atoms with Gasteiger partial charge in [0, 0.05) is 25.6 Å². The summed E-state index contributed by atoms with van der Waals surface area (Å²) in [6.07, 6.45) is 4.82. The first-order valence-electron chi connectivity index (χ1n) is 8.30. The molecular weight excluding hydrogens is 276 g/mol. The van der Waals surface area contributed by atoms with Gasteiger partial charge in [-0.3, -0.25) is 9.59 Å². The smallest absolute Gasteiger partial charge is 0.224 e. The van der Waals surface area contributed by atoms with Gasteiger partial charge < -0.3 is 10.2 Å². The fourth-order valence-electron chi connectivity index (χ4n) is 2.82. The van der Waals surface area contributed by atoms with E-state index in [0.717, 1.165) is 44.3 Å². The van der Waals surface area contributed by atoms with Crippen molar-refractivity contribution in [1.29, 1.82) is 0 Å². The normalized spacial score (nSPS) is 15.6. The number of hydrogen-bond acceptors (Lipinski definition) is 2. The minimum atomic E-state index is 0.0713. The van der Waals surface area contributed by atoms with Gasteiger partial charge in [0.1, 0.15) is 0 Å². The molecule has 0 unspecified atom stereocenters. The second-order valence-electron chi connectivity index (χ2n) is 5.99. The van der Waals surface area contributed by atoms with Crippen LogP contribution in [0.15, 0.2) is 30.3 Å². The standard InChI is InChI=1S/C18H26N2O2/c1-2-3-9-18(22)20-12-10-16(11-13-20)19-17(21)14-15-7-5-4-6-8-15/h4-8,16H,2-3,9-14H2,1H3,(H,19,21). The highest BCUT2D eigenvalue weighted by Crippen LogP contribution is 2.13. The molecule has 120 valence electrons. The second-order valence-corrected chi connectivity index (χ2v) is 5.99. The summed E-state index contributed by atoms with van der Waals surface area (Å²) in [4.78, 5) is 26.0. The van der Waals surface area contributed by atoms with Crippen molar-refractivity contribution < 1.29 is 9.59 Å². The molecule has 0 aliphatic carbocycles. The van der Waals surface area contributed by atoms with Gasteiger partial charge >= 0.3 is 0 Å². The van der Waals surface area contributed by atoms with Gasteiger partial charge in [-0.1, -0.05) is 43.7 Å². The number of benzene rings is 1. The molecule has 0 radical (unpaired) electrons. The molecule has 1 aromatic rings. The average molecular weight is 302 g/mol. The summed E-state index contributed by atoms with van der Waals surface area (Å²) in [6, 6.07) is 9.98. The van der Waals surface area contributed by atoms with Crippen LogP contribution in [0.25, 0.3) is 0 Å². The lowest BCUT2D eigenvalue weighted by Crippen LogP contribution is -2.46. The first-order chi connectivity index (χ1) is 10.7. The van der Waals surface area contributed by atoms with Gasteiger partial charge in [0.2, 0.25) is 11.8 Å². The monoisotopic (exact) mass is 302 g/mol. The quantitative estimate of drug-likeness (QED) is 0.878. The molecule has 1 saturated heterocycles. The van der Waals surface area contributed by atoms with E-state index in [2.05, 4.69) is 12.2 Å². The molecule has 4 heteroatoms. The van der Waals surface area contributed by atoms with Crippen LogP contribution in [0.1, 0.15) is 44.6 Å². The molecule has 0 aromatic heterocycles. The van der Waals surface area contributed by atoms with Gasteiger partial charge in [-0.2, -0.15) is 0 Å². The lowest BCUT2D eigenvalue weighted by atomic mass is 10.0. The molecule has 22 heavy (non-hydrogen) atoms. The van der Waals surface area contributed by atoms with Crippen molar-refractivity contribution >= 4 is 11.8 Å². The molecule has 2 rings (SSSR count). The summed E-state index contributed by atoms with van der Waals surface area (Å²) in [6.45, 7) is 3.62. The van der Waals surface area contributed by atoms with Gasteiger partial charge in [-0.05, 0) is 24.8 Å². The van der Waals surface area contributed by atoms with E-state index < -0.39 is 0 Å². The number of amides is 2. The van der Waals surface area contributed by atoms with Crippen LogP contribution in [-0.4, -0.2) is 35.8 Å². The van der Waals surface area contributed by atoms with E-state index >= 15 is 0 Å². The van der Waals surface area contributed by atoms with Crippen LogP contribution >= 0.6 is 0 Å². The number of unbranched alkanes of at least 4 members (excludes halogenated alkanes) is 1. The van der Waals surface area contributed by atoms with Gasteiger partial charge in [0.15, 0.2) is 0 Å². The Balaban J connectivity index is 1.71. The summed E-state index contributed by atoms with van der Waals surface area (Å²) in [5.74, 6) is 0.331. The molecule has 1 N–H and O–H groups in total. The van der Waals surface area contributed by atoms with Crippen molar-refractivity contribution in [3.05, 3.63) is 35.9 Å². The molecule has 1 aliphatic rings. The van der Waals surface area contributed by atoms with Crippen LogP contribution in [0.2, 0.25) is 0 Å². The number of nitrogens with one attached hydrogen (secondary N) is 1. The van der Waals surface area contributed by atoms with E-state index in [0.29, 0.717) is 12.8 Å². The van der Waals surface area contributed by atoms with Gasteiger partial charge in [0.25, 0.3) is 0 Å². The van der Waals surface area contributed by atoms with Crippen molar-refractivity contribution in [3.8, 4) is 0 Å². The Hall–Kier alpha value is -1.84. The van der Waals surface area contributed by atoms with Crippen molar-refractivity contribution in [1.82, 2.24) is 10.2 Å². The first kappa shape index (κ1) is 16.5. The zero-order valence-corrected chi connectivity index (χ0v) is 13.4. The fourth-order valence-corrected chi connectivity index (χ4v) is 2.82. The number of rotatable bonds is 6. The SMILES string of the molecule is CCCCC(=O)N1CCC(NC(=O)Cc2ccccc2)CC1. The Morgan fingerprint density at radius 1 is 1.18 bits per heavy atom.